The molecule has 108 valence electrons. The monoisotopic (exact) mass is 304 g/mol. The van der Waals surface area contributed by atoms with Crippen LogP contribution >= 0.6 is 11.6 Å². The number of rotatable bonds is 6. The molecule has 0 spiro atoms. The maximum absolute atomic E-state index is 12.1. The topological polar surface area (TPSA) is 72.2 Å². The Kier molecular flexibility index (Phi) is 5.38. The average Bonchev–Trinajstić information content (AvgIpc) is 2.39. The average molecular weight is 305 g/mol. The minimum atomic E-state index is -3.57. The molecule has 0 aliphatic carbocycles. The van der Waals surface area contributed by atoms with Gasteiger partial charge in [-0.15, -0.1) is 0 Å². The third-order valence-corrected chi connectivity index (χ3v) is 5.28. The van der Waals surface area contributed by atoms with Crippen molar-refractivity contribution in [2.75, 3.05) is 6.54 Å². The summed E-state index contributed by atoms with van der Waals surface area (Å²) in [6.45, 7) is 5.93. The maximum atomic E-state index is 12.1. The van der Waals surface area contributed by atoms with E-state index in [1.54, 1.807) is 12.1 Å². The Labute approximate surface area is 120 Å². The Morgan fingerprint density at radius 2 is 1.89 bits per heavy atom. The van der Waals surface area contributed by atoms with Gasteiger partial charge in [0.1, 0.15) is 0 Å². The molecule has 1 rings (SSSR count). The summed E-state index contributed by atoms with van der Waals surface area (Å²) in [4.78, 5) is 0.164. The SMILES string of the molecule is CCC(N)(CC)CNS(=O)(=O)c1ccc(C)c(Cl)c1. The number of halogens is 1. The second kappa shape index (κ2) is 6.22. The lowest BCUT2D eigenvalue weighted by molar-refractivity contribution is 0.392. The van der Waals surface area contributed by atoms with Gasteiger partial charge in [-0.1, -0.05) is 31.5 Å². The highest BCUT2D eigenvalue weighted by molar-refractivity contribution is 7.89. The largest absolute Gasteiger partial charge is 0.324 e. The summed E-state index contributed by atoms with van der Waals surface area (Å²) >= 11 is 5.95. The van der Waals surface area contributed by atoms with Crippen molar-refractivity contribution in [2.24, 2.45) is 5.73 Å². The molecule has 0 fully saturated rings. The molecular weight excluding hydrogens is 284 g/mol. The summed E-state index contributed by atoms with van der Waals surface area (Å²) in [5, 5.41) is 0.438. The van der Waals surface area contributed by atoms with E-state index in [1.165, 1.54) is 6.07 Å². The van der Waals surface area contributed by atoms with E-state index in [-0.39, 0.29) is 11.4 Å². The van der Waals surface area contributed by atoms with Crippen LogP contribution in [-0.2, 0) is 10.0 Å². The number of nitrogens with two attached hydrogens (primary N) is 1. The second-order valence-electron chi connectivity index (χ2n) is 4.81. The van der Waals surface area contributed by atoms with Crippen molar-refractivity contribution in [1.82, 2.24) is 4.72 Å². The van der Waals surface area contributed by atoms with Crippen LogP contribution in [0.4, 0.5) is 0 Å². The predicted molar refractivity (Wildman–Crippen MR) is 78.9 cm³/mol. The van der Waals surface area contributed by atoms with Gasteiger partial charge in [-0.2, -0.15) is 0 Å². The van der Waals surface area contributed by atoms with Crippen LogP contribution in [-0.4, -0.2) is 20.5 Å². The first-order chi connectivity index (χ1) is 8.74. The molecule has 0 saturated heterocycles. The molecule has 0 amide bonds. The van der Waals surface area contributed by atoms with Gasteiger partial charge in [0.2, 0.25) is 10.0 Å². The number of nitrogens with one attached hydrogen (secondary N) is 1. The van der Waals surface area contributed by atoms with Crippen molar-refractivity contribution in [3.05, 3.63) is 28.8 Å². The fourth-order valence-electron chi connectivity index (χ4n) is 1.56. The van der Waals surface area contributed by atoms with E-state index in [1.807, 2.05) is 20.8 Å². The third kappa shape index (κ3) is 4.18. The van der Waals surface area contributed by atoms with Crippen molar-refractivity contribution in [3.63, 3.8) is 0 Å². The maximum Gasteiger partial charge on any atom is 0.240 e. The summed E-state index contributed by atoms with van der Waals surface area (Å²) in [6, 6.07) is 4.68. The summed E-state index contributed by atoms with van der Waals surface area (Å²) in [6.07, 6.45) is 1.42. The smallest absolute Gasteiger partial charge is 0.240 e. The molecule has 0 saturated carbocycles. The molecule has 4 nitrogen and oxygen atoms in total. The van der Waals surface area contributed by atoms with Gasteiger partial charge in [0.05, 0.1) is 4.90 Å². The van der Waals surface area contributed by atoms with E-state index >= 15 is 0 Å². The number of sulfonamides is 1. The zero-order valence-corrected chi connectivity index (χ0v) is 13.1. The van der Waals surface area contributed by atoms with Crippen molar-refractivity contribution in [3.8, 4) is 0 Å². The molecule has 0 bridgehead atoms. The van der Waals surface area contributed by atoms with Gasteiger partial charge in [0, 0.05) is 17.1 Å². The minimum Gasteiger partial charge on any atom is -0.324 e. The highest BCUT2D eigenvalue weighted by atomic mass is 35.5. The molecule has 0 aliphatic rings. The van der Waals surface area contributed by atoms with Gasteiger partial charge in [0.15, 0.2) is 0 Å². The first-order valence-electron chi connectivity index (χ1n) is 6.29. The summed E-state index contributed by atoms with van der Waals surface area (Å²) in [5.41, 5.74) is 6.41. The predicted octanol–water partition coefficient (Wildman–Crippen LogP) is 2.44. The zero-order valence-electron chi connectivity index (χ0n) is 11.5. The Balaban J connectivity index is 2.90. The second-order valence-corrected chi connectivity index (χ2v) is 6.98. The van der Waals surface area contributed by atoms with Gasteiger partial charge in [0.25, 0.3) is 0 Å². The van der Waals surface area contributed by atoms with Gasteiger partial charge in [-0.25, -0.2) is 13.1 Å². The number of hydrogen-bond acceptors (Lipinski definition) is 3. The van der Waals surface area contributed by atoms with Gasteiger partial charge in [-0.05, 0) is 37.5 Å². The van der Waals surface area contributed by atoms with E-state index in [2.05, 4.69) is 4.72 Å². The molecule has 0 aromatic heterocycles. The van der Waals surface area contributed by atoms with E-state index in [0.29, 0.717) is 17.9 Å². The fourth-order valence-corrected chi connectivity index (χ4v) is 2.97. The lowest BCUT2D eigenvalue weighted by Gasteiger charge is -2.26. The first-order valence-corrected chi connectivity index (χ1v) is 8.15. The first kappa shape index (κ1) is 16.4. The van der Waals surface area contributed by atoms with Crippen molar-refractivity contribution in [2.45, 2.75) is 44.0 Å². The van der Waals surface area contributed by atoms with E-state index in [9.17, 15) is 8.42 Å². The van der Waals surface area contributed by atoms with Crippen molar-refractivity contribution >= 4 is 21.6 Å². The number of benzene rings is 1. The van der Waals surface area contributed by atoms with Crippen LogP contribution in [0.3, 0.4) is 0 Å². The summed E-state index contributed by atoms with van der Waals surface area (Å²) in [7, 11) is -3.57. The number of aryl methyl sites for hydroxylation is 1. The van der Waals surface area contributed by atoms with Gasteiger partial charge in [-0.3, -0.25) is 0 Å². The fraction of sp³-hybridized carbons (Fsp3) is 0.538. The molecule has 3 N–H and O–H groups in total. The molecule has 1 aromatic carbocycles. The Morgan fingerprint density at radius 1 is 1.32 bits per heavy atom. The van der Waals surface area contributed by atoms with Crippen molar-refractivity contribution in [1.29, 1.82) is 0 Å². The van der Waals surface area contributed by atoms with Crippen LogP contribution in [0.1, 0.15) is 32.3 Å². The van der Waals surface area contributed by atoms with Crippen LogP contribution in [0.15, 0.2) is 23.1 Å². The van der Waals surface area contributed by atoms with Crippen LogP contribution in [0.5, 0.6) is 0 Å². The summed E-state index contributed by atoms with van der Waals surface area (Å²) in [5.74, 6) is 0. The molecule has 0 aliphatic heterocycles. The van der Waals surface area contributed by atoms with Gasteiger partial charge >= 0.3 is 0 Å². The van der Waals surface area contributed by atoms with Crippen LogP contribution in [0.2, 0.25) is 5.02 Å². The molecule has 19 heavy (non-hydrogen) atoms. The summed E-state index contributed by atoms with van der Waals surface area (Å²) < 4.78 is 26.9. The normalized spacial score (nSPS) is 12.7. The van der Waals surface area contributed by atoms with Crippen LogP contribution in [0.25, 0.3) is 0 Å². The quantitative estimate of drug-likeness (QED) is 0.848. The molecule has 0 heterocycles. The molecular formula is C13H21ClN2O2S. The number of hydrogen-bond donors (Lipinski definition) is 2. The molecule has 6 heteroatoms. The Bertz CT molecular complexity index is 540. The molecule has 1 aromatic rings. The third-order valence-electron chi connectivity index (χ3n) is 3.48. The lowest BCUT2D eigenvalue weighted by atomic mass is 9.95. The van der Waals surface area contributed by atoms with Gasteiger partial charge < -0.3 is 5.73 Å². The Hall–Kier alpha value is -0.620. The minimum absolute atomic E-state index is 0.164. The highest BCUT2D eigenvalue weighted by Crippen LogP contribution is 2.20. The lowest BCUT2D eigenvalue weighted by Crippen LogP contribution is -2.49. The van der Waals surface area contributed by atoms with E-state index in [0.717, 1.165) is 5.56 Å². The molecule has 0 radical (unpaired) electrons. The van der Waals surface area contributed by atoms with Crippen LogP contribution < -0.4 is 10.5 Å². The van der Waals surface area contributed by atoms with Crippen LogP contribution in [0, 0.1) is 6.92 Å². The Morgan fingerprint density at radius 3 is 2.37 bits per heavy atom. The highest BCUT2D eigenvalue weighted by Gasteiger charge is 2.24. The van der Waals surface area contributed by atoms with E-state index < -0.39 is 15.6 Å². The molecule has 0 atom stereocenters. The van der Waals surface area contributed by atoms with E-state index in [4.69, 9.17) is 17.3 Å². The molecule has 0 unspecified atom stereocenters. The zero-order chi connectivity index (χ0) is 14.7. The standard InChI is InChI=1S/C13H21ClN2O2S/c1-4-13(15,5-2)9-16-19(17,18)11-7-6-10(3)12(14)8-11/h6-8,16H,4-5,9,15H2,1-3H3. The van der Waals surface area contributed by atoms with Crippen molar-refractivity contribution < 1.29 is 8.42 Å².